The molecule has 1 nitrogen and oxygen atoms in total. The van der Waals surface area contributed by atoms with Crippen LogP contribution < -0.4 is 0 Å². The lowest BCUT2D eigenvalue weighted by molar-refractivity contribution is 0.131. The fourth-order valence-electron chi connectivity index (χ4n) is 2.20. The van der Waals surface area contributed by atoms with Crippen LogP contribution in [0.4, 0.5) is 0 Å². The molecular weight excluding hydrogens is 248 g/mol. The molecular formula is C17H30OSi. The second-order valence-electron chi connectivity index (χ2n) is 5.41. The molecule has 108 valence electrons. The van der Waals surface area contributed by atoms with Gasteiger partial charge < -0.3 is 4.43 Å². The standard InChI is InChI=1S/C17H30OSi/c1-8-14-17(7,15-13-16(6)9-2)18-19(10-3,11-4)12-5/h1,9,13,15H,10-12,14H2,2-7H3/b15-13+,16-9-/t17-/m0/s1. The summed E-state index contributed by atoms with van der Waals surface area (Å²) in [4.78, 5) is 0. The number of allylic oxidation sites excluding steroid dienone is 3. The Labute approximate surface area is 121 Å². The molecule has 0 heterocycles. The maximum absolute atomic E-state index is 6.59. The van der Waals surface area contributed by atoms with Crippen molar-refractivity contribution >= 4 is 8.32 Å². The zero-order valence-corrected chi connectivity index (χ0v) is 14.5. The van der Waals surface area contributed by atoms with Crippen LogP contribution in [-0.2, 0) is 4.43 Å². The number of hydrogen-bond donors (Lipinski definition) is 0. The Bertz CT molecular complexity index is 350. The van der Waals surface area contributed by atoms with Crippen LogP contribution in [0.1, 0.15) is 48.0 Å². The molecule has 0 spiro atoms. The molecule has 0 fully saturated rings. The van der Waals surface area contributed by atoms with Gasteiger partial charge in [-0.15, -0.1) is 12.3 Å². The van der Waals surface area contributed by atoms with E-state index in [1.165, 1.54) is 5.57 Å². The van der Waals surface area contributed by atoms with E-state index >= 15 is 0 Å². The normalized spacial score (nSPS) is 16.4. The highest BCUT2D eigenvalue weighted by atomic mass is 28.4. The zero-order chi connectivity index (χ0) is 14.9. The third-order valence-corrected chi connectivity index (χ3v) is 8.76. The van der Waals surface area contributed by atoms with Gasteiger partial charge in [0, 0.05) is 6.42 Å². The van der Waals surface area contributed by atoms with Gasteiger partial charge in [-0.1, -0.05) is 44.6 Å². The Morgan fingerprint density at radius 1 is 1.26 bits per heavy atom. The van der Waals surface area contributed by atoms with Crippen LogP contribution in [0.5, 0.6) is 0 Å². The Kier molecular flexibility index (Phi) is 8.05. The van der Waals surface area contributed by atoms with E-state index in [1.807, 2.05) is 6.92 Å². The third kappa shape index (κ3) is 5.80. The highest BCUT2D eigenvalue weighted by Gasteiger charge is 2.36. The molecule has 2 heteroatoms. The highest BCUT2D eigenvalue weighted by molar-refractivity contribution is 6.73. The monoisotopic (exact) mass is 278 g/mol. The molecule has 0 saturated carbocycles. The Morgan fingerprint density at radius 3 is 2.16 bits per heavy atom. The predicted molar refractivity (Wildman–Crippen MR) is 88.7 cm³/mol. The van der Waals surface area contributed by atoms with E-state index in [9.17, 15) is 0 Å². The predicted octanol–water partition coefficient (Wildman–Crippen LogP) is 5.31. The topological polar surface area (TPSA) is 9.23 Å². The van der Waals surface area contributed by atoms with Crippen molar-refractivity contribution in [2.75, 3.05) is 0 Å². The van der Waals surface area contributed by atoms with Gasteiger partial charge in [0.05, 0.1) is 5.60 Å². The van der Waals surface area contributed by atoms with E-state index in [2.05, 4.69) is 58.8 Å². The average Bonchev–Trinajstić information content (AvgIpc) is 2.43. The molecule has 0 aromatic heterocycles. The summed E-state index contributed by atoms with van der Waals surface area (Å²) in [5, 5.41) is 0. The first-order valence-electron chi connectivity index (χ1n) is 7.36. The van der Waals surface area contributed by atoms with Gasteiger partial charge >= 0.3 is 0 Å². The van der Waals surface area contributed by atoms with Crippen molar-refractivity contribution < 1.29 is 4.43 Å². The van der Waals surface area contributed by atoms with Crippen LogP contribution >= 0.6 is 0 Å². The first-order valence-corrected chi connectivity index (χ1v) is 9.89. The van der Waals surface area contributed by atoms with Crippen molar-refractivity contribution in [3.8, 4) is 12.3 Å². The average molecular weight is 279 g/mol. The number of terminal acetylenes is 1. The summed E-state index contributed by atoms with van der Waals surface area (Å²) in [5.41, 5.74) is 0.913. The first kappa shape index (κ1) is 18.2. The second kappa shape index (κ2) is 8.40. The van der Waals surface area contributed by atoms with E-state index < -0.39 is 8.32 Å². The minimum Gasteiger partial charge on any atom is -0.407 e. The Morgan fingerprint density at radius 2 is 1.79 bits per heavy atom. The van der Waals surface area contributed by atoms with Gasteiger partial charge in [-0.2, -0.15) is 0 Å². The molecule has 0 rings (SSSR count). The van der Waals surface area contributed by atoms with Crippen molar-refractivity contribution in [3.63, 3.8) is 0 Å². The number of hydrogen-bond acceptors (Lipinski definition) is 1. The van der Waals surface area contributed by atoms with Crippen molar-refractivity contribution in [1.82, 2.24) is 0 Å². The van der Waals surface area contributed by atoms with Crippen molar-refractivity contribution in [2.24, 2.45) is 0 Å². The van der Waals surface area contributed by atoms with Crippen LogP contribution in [0.2, 0.25) is 18.1 Å². The Balaban J connectivity index is 5.19. The van der Waals surface area contributed by atoms with Crippen molar-refractivity contribution in [1.29, 1.82) is 0 Å². The molecule has 19 heavy (non-hydrogen) atoms. The number of rotatable bonds is 8. The van der Waals surface area contributed by atoms with Crippen molar-refractivity contribution in [3.05, 3.63) is 23.8 Å². The van der Waals surface area contributed by atoms with Crippen LogP contribution in [0.25, 0.3) is 0 Å². The fourth-order valence-corrected chi connectivity index (χ4v) is 5.26. The van der Waals surface area contributed by atoms with E-state index in [0.29, 0.717) is 6.42 Å². The molecule has 0 aromatic rings. The largest absolute Gasteiger partial charge is 0.407 e. The minimum absolute atomic E-state index is 0.326. The molecule has 0 saturated heterocycles. The molecule has 1 atom stereocenters. The summed E-state index contributed by atoms with van der Waals surface area (Å²) in [6.07, 6.45) is 12.5. The van der Waals surface area contributed by atoms with Crippen LogP contribution in [0.3, 0.4) is 0 Å². The summed E-state index contributed by atoms with van der Waals surface area (Å²) in [6.45, 7) is 13.0. The first-order chi connectivity index (χ1) is 8.90. The zero-order valence-electron chi connectivity index (χ0n) is 13.5. The maximum Gasteiger partial charge on any atom is 0.193 e. The second-order valence-corrected chi connectivity index (χ2v) is 10.1. The van der Waals surface area contributed by atoms with Gasteiger partial charge in [0.2, 0.25) is 0 Å². The lowest BCUT2D eigenvalue weighted by atomic mass is 10.0. The van der Waals surface area contributed by atoms with E-state index in [0.717, 1.165) is 18.1 Å². The van der Waals surface area contributed by atoms with Gasteiger partial charge in [0.15, 0.2) is 8.32 Å². The van der Waals surface area contributed by atoms with Crippen LogP contribution in [-0.4, -0.2) is 13.9 Å². The SMILES string of the molecule is C#CC[C@@](C)(/C=C/C(C)=C\C)O[Si](CC)(CC)CC. The molecule has 0 amide bonds. The molecule has 0 aliphatic heterocycles. The van der Waals surface area contributed by atoms with E-state index in [-0.39, 0.29) is 5.60 Å². The lowest BCUT2D eigenvalue weighted by Gasteiger charge is -2.38. The van der Waals surface area contributed by atoms with Gasteiger partial charge in [0.25, 0.3) is 0 Å². The van der Waals surface area contributed by atoms with Gasteiger partial charge in [0.1, 0.15) is 0 Å². The van der Waals surface area contributed by atoms with Crippen LogP contribution in [0, 0.1) is 12.3 Å². The minimum atomic E-state index is -1.64. The third-order valence-electron chi connectivity index (χ3n) is 3.99. The summed E-state index contributed by atoms with van der Waals surface area (Å²) >= 11 is 0. The van der Waals surface area contributed by atoms with Gasteiger partial charge in [-0.05, 0) is 38.9 Å². The fraction of sp³-hybridized carbons (Fsp3) is 0.647. The summed E-state index contributed by atoms with van der Waals surface area (Å²) < 4.78 is 6.59. The quantitative estimate of drug-likeness (QED) is 0.332. The molecule has 0 aromatic carbocycles. The van der Waals surface area contributed by atoms with Gasteiger partial charge in [-0.3, -0.25) is 0 Å². The summed E-state index contributed by atoms with van der Waals surface area (Å²) in [5.74, 6) is 2.77. The van der Waals surface area contributed by atoms with Crippen molar-refractivity contribution in [2.45, 2.75) is 71.7 Å². The lowest BCUT2D eigenvalue weighted by Crippen LogP contribution is -2.44. The molecule has 0 N–H and O–H groups in total. The van der Waals surface area contributed by atoms with Crippen LogP contribution in [0.15, 0.2) is 23.8 Å². The Hall–Kier alpha value is -0.783. The molecule has 0 radical (unpaired) electrons. The molecule has 0 aliphatic rings. The molecule has 0 unspecified atom stereocenters. The summed E-state index contributed by atoms with van der Waals surface area (Å²) in [7, 11) is -1.64. The maximum atomic E-state index is 6.59. The molecule has 0 bridgehead atoms. The molecule has 0 aliphatic carbocycles. The smallest absolute Gasteiger partial charge is 0.193 e. The summed E-state index contributed by atoms with van der Waals surface area (Å²) in [6, 6.07) is 3.45. The van der Waals surface area contributed by atoms with E-state index in [4.69, 9.17) is 10.8 Å². The van der Waals surface area contributed by atoms with E-state index in [1.54, 1.807) is 0 Å². The highest BCUT2D eigenvalue weighted by Crippen LogP contribution is 2.30. The van der Waals surface area contributed by atoms with Gasteiger partial charge in [-0.25, -0.2) is 0 Å².